The number of aryl methyl sites for hydroxylation is 1. The molecule has 0 radical (unpaired) electrons. The minimum atomic E-state index is -0.104. The molecule has 1 aromatic heterocycles. The van der Waals surface area contributed by atoms with E-state index in [0.717, 1.165) is 60.3 Å². The molecule has 1 aliphatic rings. The number of thiazole rings is 1. The second-order valence-corrected chi connectivity index (χ2v) is 9.69. The Bertz CT molecular complexity index is 1090. The maximum absolute atomic E-state index is 12.8. The molecule has 1 unspecified atom stereocenters. The van der Waals surface area contributed by atoms with E-state index in [0.29, 0.717) is 6.61 Å². The Hall–Kier alpha value is -3.00. The number of hydrogen-bond acceptors (Lipinski definition) is 6. The molecule has 1 N–H and O–H groups in total. The quantitative estimate of drug-likeness (QED) is 0.470. The molecule has 34 heavy (non-hydrogen) atoms. The normalized spacial score (nSPS) is 15.9. The lowest BCUT2D eigenvalue weighted by atomic mass is 10.1. The number of rotatable bonds is 9. The molecule has 0 bridgehead atoms. The molecule has 1 saturated heterocycles. The van der Waals surface area contributed by atoms with E-state index in [9.17, 15) is 4.79 Å². The van der Waals surface area contributed by atoms with Crippen molar-refractivity contribution >= 4 is 23.3 Å². The molecule has 1 aliphatic heterocycles. The molecule has 7 heteroatoms. The van der Waals surface area contributed by atoms with Crippen LogP contribution in [0.15, 0.2) is 66.1 Å². The van der Waals surface area contributed by atoms with E-state index in [1.165, 1.54) is 0 Å². The number of amides is 1. The van der Waals surface area contributed by atoms with E-state index < -0.39 is 0 Å². The number of nitrogens with zero attached hydrogens (tertiary/aromatic N) is 3. The number of likely N-dealkylation sites (N-methyl/N-ethyl adjacent to an activating group) is 1. The Morgan fingerprint density at radius 1 is 1.15 bits per heavy atom. The van der Waals surface area contributed by atoms with Crippen LogP contribution in [-0.4, -0.2) is 60.5 Å². The van der Waals surface area contributed by atoms with E-state index in [-0.39, 0.29) is 11.9 Å². The molecule has 0 saturated carbocycles. The summed E-state index contributed by atoms with van der Waals surface area (Å²) in [7, 11) is 2.15. The van der Waals surface area contributed by atoms with Crippen LogP contribution in [-0.2, 0) is 11.4 Å². The number of carbonyl (C=O) groups is 1. The maximum Gasteiger partial charge on any atom is 0.244 e. The van der Waals surface area contributed by atoms with Crippen LogP contribution in [0.1, 0.15) is 27.9 Å². The average molecular weight is 477 g/mol. The van der Waals surface area contributed by atoms with Gasteiger partial charge in [-0.15, -0.1) is 11.3 Å². The van der Waals surface area contributed by atoms with Crippen molar-refractivity contribution in [2.45, 2.75) is 19.6 Å². The van der Waals surface area contributed by atoms with Gasteiger partial charge >= 0.3 is 0 Å². The smallest absolute Gasteiger partial charge is 0.244 e. The number of aromatic nitrogens is 1. The Morgan fingerprint density at radius 2 is 1.94 bits per heavy atom. The van der Waals surface area contributed by atoms with Crippen molar-refractivity contribution in [2.75, 3.05) is 39.8 Å². The van der Waals surface area contributed by atoms with Crippen LogP contribution >= 0.6 is 11.3 Å². The predicted molar refractivity (Wildman–Crippen MR) is 138 cm³/mol. The van der Waals surface area contributed by atoms with Gasteiger partial charge in [0.25, 0.3) is 0 Å². The van der Waals surface area contributed by atoms with E-state index in [1.807, 2.05) is 60.8 Å². The van der Waals surface area contributed by atoms with E-state index in [2.05, 4.69) is 39.3 Å². The van der Waals surface area contributed by atoms with E-state index in [4.69, 9.17) is 4.74 Å². The van der Waals surface area contributed by atoms with E-state index in [1.54, 1.807) is 17.4 Å². The van der Waals surface area contributed by atoms with Crippen molar-refractivity contribution in [2.24, 2.45) is 0 Å². The fourth-order valence-corrected chi connectivity index (χ4v) is 4.54. The molecule has 0 spiro atoms. The van der Waals surface area contributed by atoms with Crippen molar-refractivity contribution in [1.82, 2.24) is 20.1 Å². The molecule has 1 atom stereocenters. The van der Waals surface area contributed by atoms with Crippen molar-refractivity contribution in [3.63, 3.8) is 0 Å². The molecule has 1 fully saturated rings. The first-order valence-corrected chi connectivity index (χ1v) is 12.5. The van der Waals surface area contributed by atoms with Crippen LogP contribution in [0.3, 0.4) is 0 Å². The van der Waals surface area contributed by atoms with Gasteiger partial charge in [-0.1, -0.05) is 42.5 Å². The summed E-state index contributed by atoms with van der Waals surface area (Å²) in [5, 5.41) is 6.25. The van der Waals surface area contributed by atoms with Gasteiger partial charge in [-0.05, 0) is 43.3 Å². The van der Waals surface area contributed by atoms with Crippen molar-refractivity contribution in [1.29, 1.82) is 0 Å². The lowest BCUT2D eigenvalue weighted by Crippen LogP contribution is -2.47. The van der Waals surface area contributed by atoms with Crippen LogP contribution < -0.4 is 10.1 Å². The first-order chi connectivity index (χ1) is 16.5. The van der Waals surface area contributed by atoms with Gasteiger partial charge in [0.2, 0.25) is 5.91 Å². The standard InChI is InChI=1S/C27H32N4O2S/c1-21-28-24(20-34-21)19-33-25-10-6-7-22(17-25)11-12-27(32)29-26(23-8-4-3-5-9-23)18-31-15-13-30(2)14-16-31/h3-12,17,20,26H,13-16,18-19H2,1-2H3,(H,29,32)/b12-11+. The van der Waals surface area contributed by atoms with Crippen LogP contribution in [0.2, 0.25) is 0 Å². The van der Waals surface area contributed by atoms with Gasteiger partial charge in [-0.3, -0.25) is 9.69 Å². The Morgan fingerprint density at radius 3 is 2.68 bits per heavy atom. The van der Waals surface area contributed by atoms with Crippen LogP contribution in [0.25, 0.3) is 6.08 Å². The highest BCUT2D eigenvalue weighted by Crippen LogP contribution is 2.18. The highest BCUT2D eigenvalue weighted by atomic mass is 32.1. The van der Waals surface area contributed by atoms with Crippen molar-refractivity contribution in [3.05, 3.63) is 87.9 Å². The topological polar surface area (TPSA) is 57.7 Å². The third kappa shape index (κ3) is 7.25. The average Bonchev–Trinajstić information content (AvgIpc) is 3.28. The summed E-state index contributed by atoms with van der Waals surface area (Å²) < 4.78 is 5.87. The fourth-order valence-electron chi connectivity index (χ4n) is 3.94. The molecular formula is C27H32N4O2S. The number of piperazine rings is 1. The van der Waals surface area contributed by atoms with Crippen molar-refractivity contribution < 1.29 is 9.53 Å². The van der Waals surface area contributed by atoms with Gasteiger partial charge in [0.1, 0.15) is 12.4 Å². The Kier molecular flexibility index (Phi) is 8.46. The molecule has 178 valence electrons. The second-order valence-electron chi connectivity index (χ2n) is 8.63. The molecule has 4 rings (SSSR count). The van der Waals surface area contributed by atoms with Crippen molar-refractivity contribution in [3.8, 4) is 5.75 Å². The lowest BCUT2D eigenvalue weighted by Gasteiger charge is -2.34. The van der Waals surface area contributed by atoms with Crippen LogP contribution in [0.5, 0.6) is 5.75 Å². The zero-order valence-electron chi connectivity index (χ0n) is 19.8. The van der Waals surface area contributed by atoms with Gasteiger partial charge < -0.3 is 15.0 Å². The Labute approximate surface area is 205 Å². The molecule has 3 aromatic rings. The largest absolute Gasteiger partial charge is 0.487 e. The highest BCUT2D eigenvalue weighted by Gasteiger charge is 2.20. The predicted octanol–water partition coefficient (Wildman–Crippen LogP) is 4.15. The first-order valence-electron chi connectivity index (χ1n) is 11.6. The molecule has 0 aliphatic carbocycles. The minimum Gasteiger partial charge on any atom is -0.487 e. The monoisotopic (exact) mass is 476 g/mol. The number of nitrogens with one attached hydrogen (secondary N) is 1. The summed E-state index contributed by atoms with van der Waals surface area (Å²) in [5.41, 5.74) is 2.96. The lowest BCUT2D eigenvalue weighted by molar-refractivity contribution is -0.117. The number of benzene rings is 2. The molecule has 6 nitrogen and oxygen atoms in total. The second kappa shape index (κ2) is 11.9. The van der Waals surface area contributed by atoms with Crippen LogP contribution in [0.4, 0.5) is 0 Å². The summed E-state index contributed by atoms with van der Waals surface area (Å²) >= 11 is 1.62. The Balaban J connectivity index is 1.36. The maximum atomic E-state index is 12.8. The molecule has 1 amide bonds. The molecular weight excluding hydrogens is 444 g/mol. The van der Waals surface area contributed by atoms with Crippen LogP contribution in [0, 0.1) is 6.92 Å². The van der Waals surface area contributed by atoms with Gasteiger partial charge in [0.15, 0.2) is 0 Å². The summed E-state index contributed by atoms with van der Waals surface area (Å²) in [6.45, 7) is 7.35. The summed E-state index contributed by atoms with van der Waals surface area (Å²) in [6.07, 6.45) is 3.43. The molecule has 2 heterocycles. The third-order valence-corrected chi connectivity index (χ3v) is 6.72. The minimum absolute atomic E-state index is 0.0574. The first kappa shape index (κ1) is 24.1. The molecule has 2 aromatic carbocycles. The van der Waals surface area contributed by atoms with Gasteiger partial charge in [-0.2, -0.15) is 0 Å². The summed E-state index contributed by atoms with van der Waals surface area (Å²) in [5.74, 6) is 0.651. The summed E-state index contributed by atoms with van der Waals surface area (Å²) in [6, 6.07) is 17.9. The zero-order chi connectivity index (χ0) is 23.8. The van der Waals surface area contributed by atoms with Gasteiger partial charge in [0.05, 0.1) is 16.7 Å². The van der Waals surface area contributed by atoms with Gasteiger partial charge in [-0.25, -0.2) is 4.98 Å². The number of carbonyl (C=O) groups excluding carboxylic acids is 1. The van der Waals surface area contributed by atoms with E-state index >= 15 is 0 Å². The third-order valence-electron chi connectivity index (χ3n) is 5.89. The summed E-state index contributed by atoms with van der Waals surface area (Å²) in [4.78, 5) is 22.0. The zero-order valence-corrected chi connectivity index (χ0v) is 20.6. The van der Waals surface area contributed by atoms with Gasteiger partial charge in [0, 0.05) is 44.2 Å². The fraction of sp³-hybridized carbons (Fsp3) is 0.333. The SMILES string of the molecule is Cc1nc(COc2cccc(/C=C/C(=O)NC(CN3CCN(C)CC3)c3ccccc3)c2)cs1. The number of hydrogen-bond donors (Lipinski definition) is 1. The highest BCUT2D eigenvalue weighted by molar-refractivity contribution is 7.09. The number of ether oxygens (including phenoxy) is 1.